The van der Waals surface area contributed by atoms with Gasteiger partial charge in [0, 0.05) is 30.6 Å². The fraction of sp³-hybridized carbons (Fsp3) is 0.652. The molecule has 1 heterocycles. The third-order valence-electron chi connectivity index (χ3n) is 6.24. The highest BCUT2D eigenvalue weighted by Gasteiger charge is 2.29. The van der Waals surface area contributed by atoms with E-state index in [1.165, 1.54) is 32.1 Å². The molecule has 29 heavy (non-hydrogen) atoms. The molecule has 160 valence electrons. The minimum absolute atomic E-state index is 0.00916. The van der Waals surface area contributed by atoms with Crippen LogP contribution in [-0.4, -0.2) is 50.1 Å². The van der Waals surface area contributed by atoms with Crippen LogP contribution >= 0.6 is 0 Å². The van der Waals surface area contributed by atoms with Crippen LogP contribution in [0, 0.1) is 5.92 Å². The number of carbonyl (C=O) groups is 2. The zero-order valence-electron chi connectivity index (χ0n) is 17.7. The number of nitrogens with zero attached hydrogens (tertiary/aromatic N) is 1. The van der Waals surface area contributed by atoms with E-state index in [1.54, 1.807) is 32.4 Å². The summed E-state index contributed by atoms with van der Waals surface area (Å²) in [5.41, 5.74) is 0.583. The molecule has 1 aliphatic heterocycles. The SMILES string of the molecule is COc1ccc(C(=O)N2CCC(C(=O)NC3CCCCCCC3)CC2)cc1OC. The van der Waals surface area contributed by atoms with Crippen molar-refractivity contribution in [1.82, 2.24) is 10.2 Å². The van der Waals surface area contributed by atoms with Crippen molar-refractivity contribution in [1.29, 1.82) is 0 Å². The molecule has 0 spiro atoms. The zero-order valence-corrected chi connectivity index (χ0v) is 17.7. The van der Waals surface area contributed by atoms with Crippen molar-refractivity contribution in [2.24, 2.45) is 5.92 Å². The normalized spacial score (nSPS) is 19.2. The first-order valence-electron chi connectivity index (χ1n) is 10.9. The van der Waals surface area contributed by atoms with Crippen molar-refractivity contribution in [2.45, 2.75) is 63.8 Å². The maximum absolute atomic E-state index is 12.9. The van der Waals surface area contributed by atoms with Crippen LogP contribution in [0.3, 0.4) is 0 Å². The summed E-state index contributed by atoms with van der Waals surface area (Å²) in [5.74, 6) is 1.31. The number of ether oxygens (including phenoxy) is 2. The van der Waals surface area contributed by atoms with Gasteiger partial charge in [-0.25, -0.2) is 0 Å². The molecule has 0 atom stereocenters. The summed E-state index contributed by atoms with van der Waals surface area (Å²) >= 11 is 0. The van der Waals surface area contributed by atoms with E-state index < -0.39 is 0 Å². The second-order valence-corrected chi connectivity index (χ2v) is 8.19. The molecule has 0 radical (unpaired) electrons. The number of carbonyl (C=O) groups excluding carboxylic acids is 2. The Morgan fingerprint density at radius 1 is 0.897 bits per heavy atom. The molecule has 1 N–H and O–H groups in total. The van der Waals surface area contributed by atoms with Crippen LogP contribution in [0.4, 0.5) is 0 Å². The van der Waals surface area contributed by atoms with Crippen LogP contribution in [-0.2, 0) is 4.79 Å². The Morgan fingerprint density at radius 2 is 1.52 bits per heavy atom. The monoisotopic (exact) mass is 402 g/mol. The molecule has 1 aromatic rings. The Kier molecular flexibility index (Phi) is 7.78. The van der Waals surface area contributed by atoms with Gasteiger partial charge in [0.25, 0.3) is 5.91 Å². The summed E-state index contributed by atoms with van der Waals surface area (Å²) in [7, 11) is 3.14. The number of rotatable bonds is 5. The van der Waals surface area contributed by atoms with Crippen LogP contribution < -0.4 is 14.8 Å². The maximum Gasteiger partial charge on any atom is 0.253 e. The van der Waals surface area contributed by atoms with Crippen molar-refractivity contribution in [3.8, 4) is 11.5 Å². The first kappa shape index (κ1) is 21.5. The Hall–Kier alpha value is -2.24. The van der Waals surface area contributed by atoms with E-state index in [1.807, 2.05) is 4.90 Å². The molecule has 1 aromatic carbocycles. The maximum atomic E-state index is 12.9. The largest absolute Gasteiger partial charge is 0.493 e. The lowest BCUT2D eigenvalue weighted by Gasteiger charge is -2.32. The van der Waals surface area contributed by atoms with Gasteiger partial charge in [-0.2, -0.15) is 0 Å². The molecular weight excluding hydrogens is 368 g/mol. The van der Waals surface area contributed by atoms with E-state index in [9.17, 15) is 9.59 Å². The van der Waals surface area contributed by atoms with Crippen molar-refractivity contribution < 1.29 is 19.1 Å². The van der Waals surface area contributed by atoms with Crippen LogP contribution in [0.2, 0.25) is 0 Å². The molecule has 2 fully saturated rings. The smallest absolute Gasteiger partial charge is 0.253 e. The van der Waals surface area contributed by atoms with Crippen molar-refractivity contribution >= 4 is 11.8 Å². The van der Waals surface area contributed by atoms with E-state index in [4.69, 9.17) is 9.47 Å². The highest BCUT2D eigenvalue weighted by atomic mass is 16.5. The number of methoxy groups -OCH3 is 2. The Bertz CT molecular complexity index is 690. The van der Waals surface area contributed by atoms with Crippen molar-refractivity contribution in [2.75, 3.05) is 27.3 Å². The van der Waals surface area contributed by atoms with Crippen LogP contribution in [0.5, 0.6) is 11.5 Å². The molecule has 2 aliphatic rings. The van der Waals surface area contributed by atoms with Crippen LogP contribution in [0.1, 0.15) is 68.1 Å². The summed E-state index contributed by atoms with van der Waals surface area (Å²) < 4.78 is 10.5. The zero-order chi connectivity index (χ0) is 20.6. The molecule has 1 saturated heterocycles. The Morgan fingerprint density at radius 3 is 2.14 bits per heavy atom. The third kappa shape index (κ3) is 5.64. The molecule has 0 bridgehead atoms. The topological polar surface area (TPSA) is 67.9 Å². The standard InChI is InChI=1S/C23H34N2O4/c1-28-20-11-10-18(16-21(20)29-2)23(27)25-14-12-17(13-15-25)22(26)24-19-8-6-4-3-5-7-9-19/h10-11,16-17,19H,3-9,12-15H2,1-2H3,(H,24,26). The summed E-state index contributed by atoms with van der Waals surface area (Å²) in [6.45, 7) is 1.21. The second-order valence-electron chi connectivity index (χ2n) is 8.19. The van der Waals surface area contributed by atoms with E-state index in [-0.39, 0.29) is 17.7 Å². The Balaban J connectivity index is 1.51. The average molecular weight is 403 g/mol. The predicted molar refractivity (Wildman–Crippen MR) is 112 cm³/mol. The number of hydrogen-bond donors (Lipinski definition) is 1. The van der Waals surface area contributed by atoms with Crippen LogP contribution in [0.25, 0.3) is 0 Å². The van der Waals surface area contributed by atoms with Gasteiger partial charge in [-0.1, -0.05) is 32.1 Å². The van der Waals surface area contributed by atoms with E-state index in [0.717, 1.165) is 25.7 Å². The first-order chi connectivity index (χ1) is 14.1. The molecule has 1 saturated carbocycles. The number of nitrogens with one attached hydrogen (secondary N) is 1. The highest BCUT2D eigenvalue weighted by Crippen LogP contribution is 2.29. The van der Waals surface area contributed by atoms with Gasteiger partial charge in [0.2, 0.25) is 5.91 Å². The summed E-state index contributed by atoms with van der Waals surface area (Å²) in [6.07, 6.45) is 9.95. The Labute approximate surface area is 173 Å². The molecule has 3 rings (SSSR count). The molecule has 0 aromatic heterocycles. The summed E-state index contributed by atoms with van der Waals surface area (Å²) in [5, 5.41) is 3.29. The average Bonchev–Trinajstić information content (AvgIpc) is 2.74. The molecule has 0 unspecified atom stereocenters. The second kappa shape index (κ2) is 10.5. The number of likely N-dealkylation sites (tertiary alicyclic amines) is 1. The lowest BCUT2D eigenvalue weighted by molar-refractivity contribution is -0.127. The van der Waals surface area contributed by atoms with Crippen molar-refractivity contribution in [3.63, 3.8) is 0 Å². The quantitative estimate of drug-likeness (QED) is 0.814. The molecular formula is C23H34N2O4. The van der Waals surface area contributed by atoms with Gasteiger partial charge >= 0.3 is 0 Å². The summed E-state index contributed by atoms with van der Waals surface area (Å²) in [6, 6.07) is 5.56. The van der Waals surface area contributed by atoms with Gasteiger partial charge in [-0.3, -0.25) is 9.59 Å². The number of hydrogen-bond acceptors (Lipinski definition) is 4. The molecule has 2 amide bonds. The predicted octanol–water partition coefficient (Wildman–Crippen LogP) is 3.79. The van der Waals surface area contributed by atoms with E-state index >= 15 is 0 Å². The number of benzene rings is 1. The molecule has 6 nitrogen and oxygen atoms in total. The van der Waals surface area contributed by atoms with Crippen molar-refractivity contribution in [3.05, 3.63) is 23.8 Å². The third-order valence-corrected chi connectivity index (χ3v) is 6.24. The van der Waals surface area contributed by atoms with Gasteiger partial charge in [0.05, 0.1) is 14.2 Å². The van der Waals surface area contributed by atoms with Crippen LogP contribution in [0.15, 0.2) is 18.2 Å². The minimum atomic E-state index is -0.0233. The van der Waals surface area contributed by atoms with E-state index in [0.29, 0.717) is 36.2 Å². The van der Waals surface area contributed by atoms with Gasteiger partial charge in [-0.05, 0) is 43.9 Å². The van der Waals surface area contributed by atoms with Gasteiger partial charge in [0.15, 0.2) is 11.5 Å². The fourth-order valence-corrected chi connectivity index (χ4v) is 4.42. The highest BCUT2D eigenvalue weighted by molar-refractivity contribution is 5.95. The lowest BCUT2D eigenvalue weighted by atomic mass is 9.93. The summed E-state index contributed by atoms with van der Waals surface area (Å²) in [4.78, 5) is 27.4. The van der Waals surface area contributed by atoms with Gasteiger partial charge < -0.3 is 19.7 Å². The van der Waals surface area contributed by atoms with E-state index in [2.05, 4.69) is 5.32 Å². The van der Waals surface area contributed by atoms with Gasteiger partial charge in [0.1, 0.15) is 0 Å². The fourth-order valence-electron chi connectivity index (χ4n) is 4.42. The molecule has 6 heteroatoms. The van der Waals surface area contributed by atoms with Gasteiger partial charge in [-0.15, -0.1) is 0 Å². The number of amides is 2. The minimum Gasteiger partial charge on any atom is -0.493 e. The lowest BCUT2D eigenvalue weighted by Crippen LogP contribution is -2.45. The number of piperidine rings is 1. The molecule has 1 aliphatic carbocycles. The first-order valence-corrected chi connectivity index (χ1v) is 10.9.